The second kappa shape index (κ2) is 10.5. The van der Waals surface area contributed by atoms with E-state index >= 15 is 0 Å². The van der Waals surface area contributed by atoms with Crippen molar-refractivity contribution in [2.75, 3.05) is 25.5 Å². The first-order valence-corrected chi connectivity index (χ1v) is 13.8. The van der Waals surface area contributed by atoms with Crippen LogP contribution in [0.25, 0.3) is 11.1 Å². The van der Waals surface area contributed by atoms with Crippen LogP contribution in [0, 0.1) is 0 Å². The molecule has 1 saturated heterocycles. The number of hydrogen-bond acceptors (Lipinski definition) is 6. The molecule has 8 heteroatoms. The minimum atomic E-state index is -0.173. The number of benzene rings is 2. The van der Waals surface area contributed by atoms with Crippen LogP contribution in [0.2, 0.25) is 0 Å². The third-order valence-electron chi connectivity index (χ3n) is 7.32. The molecule has 1 N–H and O–H groups in total. The topological polar surface area (TPSA) is 78.4 Å². The zero-order chi connectivity index (χ0) is 26.1. The van der Waals surface area contributed by atoms with Crippen LogP contribution in [-0.2, 0) is 13.0 Å². The number of pyridine rings is 1. The zero-order valence-corrected chi connectivity index (χ0v) is 22.1. The maximum absolute atomic E-state index is 13.5. The van der Waals surface area contributed by atoms with Crippen LogP contribution < -0.4 is 5.32 Å². The van der Waals surface area contributed by atoms with E-state index in [4.69, 9.17) is 0 Å². The summed E-state index contributed by atoms with van der Waals surface area (Å²) in [6.07, 6.45) is 6.28. The lowest BCUT2D eigenvalue weighted by molar-refractivity contribution is 0.0735. The van der Waals surface area contributed by atoms with Crippen molar-refractivity contribution in [2.24, 2.45) is 0 Å². The fraction of sp³-hybridized carbons (Fsp3) is 0.267. The van der Waals surface area contributed by atoms with Crippen molar-refractivity contribution in [3.63, 3.8) is 0 Å². The first-order chi connectivity index (χ1) is 18.5. The third kappa shape index (κ3) is 4.97. The van der Waals surface area contributed by atoms with E-state index < -0.39 is 0 Å². The lowest BCUT2D eigenvalue weighted by atomic mass is 10.0. The maximum atomic E-state index is 13.5. The van der Waals surface area contributed by atoms with Crippen LogP contribution in [0.5, 0.6) is 0 Å². The van der Waals surface area contributed by atoms with E-state index in [1.165, 1.54) is 4.88 Å². The summed E-state index contributed by atoms with van der Waals surface area (Å²) in [5.41, 5.74) is 5.36. The van der Waals surface area contributed by atoms with E-state index in [9.17, 15) is 9.59 Å². The van der Waals surface area contributed by atoms with E-state index in [2.05, 4.69) is 27.2 Å². The summed E-state index contributed by atoms with van der Waals surface area (Å²) < 4.78 is 0. The summed E-state index contributed by atoms with van der Waals surface area (Å²) in [5.74, 6) is -0.161. The first kappa shape index (κ1) is 24.5. The van der Waals surface area contributed by atoms with Gasteiger partial charge in [-0.25, -0.2) is 4.98 Å². The van der Waals surface area contributed by atoms with Crippen molar-refractivity contribution in [3.8, 4) is 11.1 Å². The number of aromatic nitrogens is 2. The molecule has 4 aromatic rings. The van der Waals surface area contributed by atoms with Gasteiger partial charge in [0, 0.05) is 54.5 Å². The van der Waals surface area contributed by atoms with Gasteiger partial charge in [-0.05, 0) is 66.9 Å². The number of carbonyl (C=O) groups is 2. The predicted octanol–water partition coefficient (Wildman–Crippen LogP) is 5.42. The molecule has 0 bridgehead atoms. The molecule has 0 aliphatic carbocycles. The number of hydrogen-bond donors (Lipinski definition) is 1. The number of fused-ring (bicyclic) bond motifs is 1. The number of anilines is 1. The van der Waals surface area contributed by atoms with Gasteiger partial charge in [0.2, 0.25) is 0 Å². The number of likely N-dealkylation sites (tertiary alicyclic amines) is 1. The Morgan fingerprint density at radius 2 is 1.87 bits per heavy atom. The van der Waals surface area contributed by atoms with Crippen molar-refractivity contribution in [2.45, 2.75) is 31.8 Å². The molecular weight excluding hydrogens is 494 g/mol. The van der Waals surface area contributed by atoms with Gasteiger partial charge in [0.1, 0.15) is 0 Å². The number of thiazole rings is 1. The van der Waals surface area contributed by atoms with Gasteiger partial charge < -0.3 is 9.80 Å². The fourth-order valence-electron chi connectivity index (χ4n) is 5.29. The van der Waals surface area contributed by atoms with Gasteiger partial charge in [-0.2, -0.15) is 0 Å². The molecule has 2 aromatic carbocycles. The van der Waals surface area contributed by atoms with Crippen LogP contribution >= 0.6 is 11.3 Å². The minimum absolute atomic E-state index is 0.0124. The standard InChI is InChI=1S/C30H29N5O2S/c1-34-16-13-25-27(19-34)38-30(32-25)33-28(36)23-6-2-5-22(17-23)26-8-4-15-35(26)29(37)21-11-9-20(10-12-21)24-7-3-14-31-18-24/h2-3,5-7,9-12,14,17-18,26H,4,8,13,15-16,19H2,1H3,(H,32,33,36). The van der Waals surface area contributed by atoms with Crippen LogP contribution in [-0.4, -0.2) is 51.7 Å². The largest absolute Gasteiger partial charge is 0.332 e. The fourth-order valence-corrected chi connectivity index (χ4v) is 6.38. The summed E-state index contributed by atoms with van der Waals surface area (Å²) >= 11 is 1.55. The van der Waals surface area contributed by atoms with E-state index in [0.29, 0.717) is 22.8 Å². The molecule has 7 nitrogen and oxygen atoms in total. The predicted molar refractivity (Wildman–Crippen MR) is 149 cm³/mol. The Kier molecular flexibility index (Phi) is 6.74. The van der Waals surface area contributed by atoms with Gasteiger partial charge in [0.05, 0.1) is 11.7 Å². The zero-order valence-electron chi connectivity index (χ0n) is 21.3. The highest BCUT2D eigenvalue weighted by molar-refractivity contribution is 7.15. The monoisotopic (exact) mass is 523 g/mol. The van der Waals surface area contributed by atoms with E-state index in [1.54, 1.807) is 17.5 Å². The SMILES string of the molecule is CN1CCc2nc(NC(=O)c3cccc(C4CCCN4C(=O)c4ccc(-c5cccnc5)cc4)c3)sc2C1. The quantitative estimate of drug-likeness (QED) is 0.378. The lowest BCUT2D eigenvalue weighted by Crippen LogP contribution is -2.30. The van der Waals surface area contributed by atoms with Crippen LogP contribution in [0.1, 0.15) is 55.7 Å². The van der Waals surface area contributed by atoms with Gasteiger partial charge in [-0.1, -0.05) is 30.3 Å². The van der Waals surface area contributed by atoms with Crippen molar-refractivity contribution in [1.82, 2.24) is 19.8 Å². The van der Waals surface area contributed by atoms with Crippen molar-refractivity contribution < 1.29 is 9.59 Å². The van der Waals surface area contributed by atoms with Crippen LogP contribution in [0.3, 0.4) is 0 Å². The molecule has 6 rings (SSSR count). The highest BCUT2D eigenvalue weighted by Crippen LogP contribution is 2.34. The van der Waals surface area contributed by atoms with Gasteiger partial charge in [-0.15, -0.1) is 11.3 Å². The normalized spacial score (nSPS) is 17.3. The molecule has 0 spiro atoms. The Labute approximate surface area is 226 Å². The Balaban J connectivity index is 1.17. The number of carbonyl (C=O) groups excluding carboxylic acids is 2. The molecule has 4 heterocycles. The van der Waals surface area contributed by atoms with Crippen molar-refractivity contribution in [1.29, 1.82) is 0 Å². The molecule has 0 radical (unpaired) electrons. The van der Waals surface area contributed by atoms with E-state index in [-0.39, 0.29) is 17.9 Å². The van der Waals surface area contributed by atoms with Crippen LogP contribution in [0.4, 0.5) is 5.13 Å². The smallest absolute Gasteiger partial charge is 0.257 e. The lowest BCUT2D eigenvalue weighted by Gasteiger charge is -2.25. The number of amides is 2. The Hall–Kier alpha value is -3.88. The van der Waals surface area contributed by atoms with Crippen molar-refractivity contribution in [3.05, 3.63) is 100 Å². The Morgan fingerprint density at radius 1 is 1.00 bits per heavy atom. The summed E-state index contributed by atoms with van der Waals surface area (Å²) in [6.45, 7) is 2.55. The number of likely N-dealkylation sites (N-methyl/N-ethyl adjacent to an activating group) is 1. The average molecular weight is 524 g/mol. The molecule has 2 amide bonds. The number of nitrogens with zero attached hydrogens (tertiary/aromatic N) is 4. The van der Waals surface area contributed by atoms with Crippen molar-refractivity contribution >= 4 is 28.3 Å². The summed E-state index contributed by atoms with van der Waals surface area (Å²) in [5, 5.41) is 3.64. The average Bonchev–Trinajstić information content (AvgIpc) is 3.60. The molecule has 192 valence electrons. The third-order valence-corrected chi connectivity index (χ3v) is 8.31. The second-order valence-corrected chi connectivity index (χ2v) is 11.0. The molecule has 2 aliphatic heterocycles. The van der Waals surface area contributed by atoms with E-state index in [0.717, 1.165) is 54.7 Å². The minimum Gasteiger partial charge on any atom is -0.332 e. The highest BCUT2D eigenvalue weighted by Gasteiger charge is 2.31. The Morgan fingerprint density at radius 3 is 2.68 bits per heavy atom. The molecule has 0 saturated carbocycles. The number of nitrogens with one attached hydrogen (secondary N) is 1. The highest BCUT2D eigenvalue weighted by atomic mass is 32.1. The maximum Gasteiger partial charge on any atom is 0.257 e. The van der Waals surface area contributed by atoms with Gasteiger partial charge in [0.25, 0.3) is 11.8 Å². The van der Waals surface area contributed by atoms with Crippen LogP contribution in [0.15, 0.2) is 73.1 Å². The first-order valence-electron chi connectivity index (χ1n) is 12.9. The van der Waals surface area contributed by atoms with Gasteiger partial charge in [0.15, 0.2) is 5.13 Å². The summed E-state index contributed by atoms with van der Waals surface area (Å²) in [4.78, 5) is 40.8. The molecule has 2 aliphatic rings. The molecule has 1 unspecified atom stereocenters. The molecule has 1 fully saturated rings. The number of rotatable bonds is 5. The summed E-state index contributed by atoms with van der Waals surface area (Å²) in [7, 11) is 2.10. The Bertz CT molecular complexity index is 1470. The molecule has 38 heavy (non-hydrogen) atoms. The molecule has 2 aromatic heterocycles. The van der Waals surface area contributed by atoms with Gasteiger partial charge >= 0.3 is 0 Å². The second-order valence-electron chi connectivity index (χ2n) is 9.93. The van der Waals surface area contributed by atoms with E-state index in [1.807, 2.05) is 71.8 Å². The summed E-state index contributed by atoms with van der Waals surface area (Å²) in [6, 6.07) is 19.2. The molecular formula is C30H29N5O2S. The molecule has 1 atom stereocenters. The van der Waals surface area contributed by atoms with Gasteiger partial charge in [-0.3, -0.25) is 19.9 Å².